The molecule has 0 unspecified atom stereocenters. The van der Waals surface area contributed by atoms with Gasteiger partial charge in [0.15, 0.2) is 0 Å². The number of hydrogen-bond donors (Lipinski definition) is 1. The molecule has 1 heterocycles. The predicted molar refractivity (Wildman–Crippen MR) is 79.7 cm³/mol. The first-order valence-electron chi connectivity index (χ1n) is 5.84. The van der Waals surface area contributed by atoms with Crippen LogP contribution in [0, 0.1) is 0 Å². The molecule has 94 valence electrons. The van der Waals surface area contributed by atoms with Crippen molar-refractivity contribution in [2.45, 2.75) is 29.3 Å². The lowest BCUT2D eigenvalue weighted by Gasteiger charge is -2.13. The van der Waals surface area contributed by atoms with Gasteiger partial charge in [0.25, 0.3) is 0 Å². The molecule has 2 aromatic rings. The molecule has 0 aliphatic heterocycles. The molecule has 0 fully saturated rings. The number of pyridine rings is 1. The minimum absolute atomic E-state index is 0.0872. The van der Waals surface area contributed by atoms with E-state index in [1.54, 1.807) is 11.8 Å². The van der Waals surface area contributed by atoms with Crippen LogP contribution < -0.4 is 5.73 Å². The molecule has 0 spiro atoms. The summed E-state index contributed by atoms with van der Waals surface area (Å²) in [6, 6.07) is 12.3. The van der Waals surface area contributed by atoms with Gasteiger partial charge in [-0.3, -0.25) is 0 Å². The number of halogens is 1. The highest BCUT2D eigenvalue weighted by Crippen LogP contribution is 2.32. The van der Waals surface area contributed by atoms with E-state index in [9.17, 15) is 0 Å². The fourth-order valence-corrected chi connectivity index (χ4v) is 2.82. The van der Waals surface area contributed by atoms with Crippen LogP contribution in [0.2, 0.25) is 0 Å². The van der Waals surface area contributed by atoms with Gasteiger partial charge in [-0.25, -0.2) is 4.98 Å². The van der Waals surface area contributed by atoms with Crippen LogP contribution in [0.3, 0.4) is 0 Å². The molecule has 4 heteroatoms. The second-order valence-corrected chi connectivity index (χ2v) is 5.95. The Bertz CT molecular complexity index is 513. The topological polar surface area (TPSA) is 38.9 Å². The molecule has 2 nitrogen and oxygen atoms in total. The van der Waals surface area contributed by atoms with Crippen LogP contribution in [-0.2, 0) is 0 Å². The summed E-state index contributed by atoms with van der Waals surface area (Å²) >= 11 is 5.04. The van der Waals surface area contributed by atoms with Gasteiger partial charge in [0.2, 0.25) is 0 Å². The van der Waals surface area contributed by atoms with Gasteiger partial charge in [-0.15, -0.1) is 0 Å². The minimum Gasteiger partial charge on any atom is -0.324 e. The van der Waals surface area contributed by atoms with E-state index in [1.165, 1.54) is 10.5 Å². The molecule has 0 bridgehead atoms. The summed E-state index contributed by atoms with van der Waals surface area (Å²) in [5, 5.41) is 0.981. The molecule has 18 heavy (non-hydrogen) atoms. The lowest BCUT2D eigenvalue weighted by atomic mass is 10.1. The van der Waals surface area contributed by atoms with Crippen molar-refractivity contribution in [1.29, 1.82) is 0 Å². The molecule has 0 aliphatic rings. The summed E-state index contributed by atoms with van der Waals surface area (Å²) in [6.07, 6.45) is 2.75. The maximum Gasteiger partial charge on any atom is 0.101 e. The Morgan fingerprint density at radius 1 is 1.28 bits per heavy atom. The second-order valence-electron chi connectivity index (χ2n) is 3.97. The summed E-state index contributed by atoms with van der Waals surface area (Å²) in [5.41, 5.74) is 7.32. The van der Waals surface area contributed by atoms with Gasteiger partial charge in [-0.1, -0.05) is 36.9 Å². The predicted octanol–water partition coefficient (Wildman–Crippen LogP) is 4.41. The SMILES string of the molecule is CC[C@H](N)c1ccccc1Sc1ccc(Br)cn1. The van der Waals surface area contributed by atoms with E-state index in [4.69, 9.17) is 5.73 Å². The van der Waals surface area contributed by atoms with Crippen LogP contribution in [0.5, 0.6) is 0 Å². The van der Waals surface area contributed by atoms with Crippen molar-refractivity contribution in [3.8, 4) is 0 Å². The van der Waals surface area contributed by atoms with E-state index in [-0.39, 0.29) is 6.04 Å². The highest BCUT2D eigenvalue weighted by atomic mass is 79.9. The average Bonchev–Trinajstić information content (AvgIpc) is 2.41. The molecule has 0 aliphatic carbocycles. The van der Waals surface area contributed by atoms with Crippen molar-refractivity contribution >= 4 is 27.7 Å². The fourth-order valence-electron chi connectivity index (χ4n) is 1.63. The quantitative estimate of drug-likeness (QED) is 0.906. The number of rotatable bonds is 4. The Hall–Kier alpha value is -0.840. The summed E-state index contributed by atoms with van der Waals surface area (Å²) in [5.74, 6) is 0. The van der Waals surface area contributed by atoms with Crippen molar-refractivity contribution in [3.63, 3.8) is 0 Å². The number of nitrogens with zero attached hydrogens (tertiary/aromatic N) is 1. The van der Waals surface area contributed by atoms with Gasteiger partial charge in [0.1, 0.15) is 5.03 Å². The molecule has 1 aromatic carbocycles. The Balaban J connectivity index is 2.26. The minimum atomic E-state index is 0.0872. The molecule has 0 amide bonds. The molecule has 0 saturated heterocycles. The van der Waals surface area contributed by atoms with Gasteiger partial charge < -0.3 is 5.73 Å². The molecule has 2 rings (SSSR count). The third-order valence-corrected chi connectivity index (χ3v) is 4.18. The third kappa shape index (κ3) is 3.34. The molecule has 1 atom stereocenters. The summed E-state index contributed by atoms with van der Waals surface area (Å²) in [6.45, 7) is 2.10. The smallest absolute Gasteiger partial charge is 0.101 e. The number of benzene rings is 1. The van der Waals surface area contributed by atoms with Crippen molar-refractivity contribution in [2.75, 3.05) is 0 Å². The van der Waals surface area contributed by atoms with Gasteiger partial charge in [0.05, 0.1) is 0 Å². The maximum absolute atomic E-state index is 6.13. The largest absolute Gasteiger partial charge is 0.324 e. The lowest BCUT2D eigenvalue weighted by Crippen LogP contribution is -2.09. The first-order valence-corrected chi connectivity index (χ1v) is 7.45. The van der Waals surface area contributed by atoms with Gasteiger partial charge in [-0.05, 0) is 46.1 Å². The zero-order valence-corrected chi connectivity index (χ0v) is 12.5. The maximum atomic E-state index is 6.13. The molecule has 0 radical (unpaired) electrons. The highest BCUT2D eigenvalue weighted by molar-refractivity contribution is 9.10. The van der Waals surface area contributed by atoms with E-state index in [0.717, 1.165) is 15.9 Å². The van der Waals surface area contributed by atoms with Gasteiger partial charge >= 0.3 is 0 Å². The van der Waals surface area contributed by atoms with E-state index in [1.807, 2.05) is 30.5 Å². The standard InChI is InChI=1S/C14H15BrN2S/c1-2-12(16)11-5-3-4-6-13(11)18-14-8-7-10(15)9-17-14/h3-9,12H,2,16H2,1H3/t12-/m0/s1. The van der Waals surface area contributed by atoms with E-state index in [0.29, 0.717) is 0 Å². The average molecular weight is 323 g/mol. The van der Waals surface area contributed by atoms with Crippen molar-refractivity contribution in [3.05, 3.63) is 52.6 Å². The molecule has 2 N–H and O–H groups in total. The third-order valence-electron chi connectivity index (χ3n) is 2.67. The number of hydrogen-bond acceptors (Lipinski definition) is 3. The molecule has 1 aromatic heterocycles. The zero-order chi connectivity index (χ0) is 13.0. The fraction of sp³-hybridized carbons (Fsp3) is 0.214. The number of aromatic nitrogens is 1. The van der Waals surface area contributed by atoms with Crippen molar-refractivity contribution in [1.82, 2.24) is 4.98 Å². The molecule has 0 saturated carbocycles. The Morgan fingerprint density at radius 3 is 2.72 bits per heavy atom. The summed E-state index contributed by atoms with van der Waals surface area (Å²) < 4.78 is 0.991. The summed E-state index contributed by atoms with van der Waals surface area (Å²) in [7, 11) is 0. The van der Waals surface area contributed by atoms with E-state index < -0.39 is 0 Å². The van der Waals surface area contributed by atoms with E-state index in [2.05, 4.69) is 40.0 Å². The highest BCUT2D eigenvalue weighted by Gasteiger charge is 2.10. The van der Waals surface area contributed by atoms with Crippen LogP contribution in [-0.4, -0.2) is 4.98 Å². The first kappa shape index (κ1) is 13.6. The number of nitrogens with two attached hydrogens (primary N) is 1. The van der Waals surface area contributed by atoms with Crippen molar-refractivity contribution in [2.24, 2.45) is 5.73 Å². The van der Waals surface area contributed by atoms with Gasteiger partial charge in [0, 0.05) is 21.6 Å². The zero-order valence-electron chi connectivity index (χ0n) is 10.1. The monoisotopic (exact) mass is 322 g/mol. The first-order chi connectivity index (χ1) is 8.70. The lowest BCUT2D eigenvalue weighted by molar-refractivity contribution is 0.685. The van der Waals surface area contributed by atoms with E-state index >= 15 is 0 Å². The molecular weight excluding hydrogens is 308 g/mol. The molecular formula is C14H15BrN2S. The normalized spacial score (nSPS) is 12.4. The summed E-state index contributed by atoms with van der Waals surface area (Å²) in [4.78, 5) is 5.56. The Kier molecular flexibility index (Phi) is 4.80. The van der Waals surface area contributed by atoms with Crippen LogP contribution in [0.25, 0.3) is 0 Å². The van der Waals surface area contributed by atoms with Crippen LogP contribution in [0.4, 0.5) is 0 Å². The van der Waals surface area contributed by atoms with Crippen LogP contribution >= 0.6 is 27.7 Å². The second kappa shape index (κ2) is 6.36. The van der Waals surface area contributed by atoms with Gasteiger partial charge in [-0.2, -0.15) is 0 Å². The van der Waals surface area contributed by atoms with Crippen LogP contribution in [0.1, 0.15) is 24.9 Å². The van der Waals surface area contributed by atoms with Crippen molar-refractivity contribution < 1.29 is 0 Å². The Morgan fingerprint density at radius 2 is 2.06 bits per heavy atom. The Labute approximate surface area is 120 Å². The van der Waals surface area contributed by atoms with Crippen LogP contribution in [0.15, 0.2) is 57.0 Å².